The summed E-state index contributed by atoms with van der Waals surface area (Å²) in [5, 5.41) is 0. The van der Waals surface area contributed by atoms with E-state index >= 15 is 0 Å². The van der Waals surface area contributed by atoms with E-state index in [2.05, 4.69) is 6.92 Å². The lowest BCUT2D eigenvalue weighted by Gasteiger charge is -2.36. The van der Waals surface area contributed by atoms with Crippen molar-refractivity contribution >= 4 is 0 Å². The largest absolute Gasteiger partial charge is 0.297 e. The average molecular weight is 191 g/mol. The fourth-order valence-electron chi connectivity index (χ4n) is 1.69. The minimum Gasteiger partial charge on any atom is -0.297 e. The molecule has 0 aromatic heterocycles. The molecule has 0 spiro atoms. The third kappa shape index (κ3) is 2.90. The molecule has 1 heterocycles. The molecule has 13 heavy (non-hydrogen) atoms. The molecule has 0 saturated carbocycles. The van der Waals surface area contributed by atoms with E-state index in [1.54, 1.807) is 6.92 Å². The van der Waals surface area contributed by atoms with Crippen molar-refractivity contribution in [2.75, 3.05) is 19.6 Å². The van der Waals surface area contributed by atoms with Gasteiger partial charge in [-0.25, -0.2) is 8.78 Å². The summed E-state index contributed by atoms with van der Waals surface area (Å²) in [4.78, 5) is 1.89. The Morgan fingerprint density at radius 2 is 2.15 bits per heavy atom. The Morgan fingerprint density at radius 1 is 1.46 bits per heavy atom. The normalized spacial score (nSPS) is 29.1. The van der Waals surface area contributed by atoms with Crippen LogP contribution in [-0.4, -0.2) is 30.5 Å². The molecule has 1 aliphatic rings. The molecule has 78 valence electrons. The summed E-state index contributed by atoms with van der Waals surface area (Å²) in [6, 6.07) is 0. The van der Waals surface area contributed by atoms with E-state index in [0.717, 1.165) is 25.9 Å². The summed E-state index contributed by atoms with van der Waals surface area (Å²) in [6.45, 7) is 5.38. The summed E-state index contributed by atoms with van der Waals surface area (Å²) in [7, 11) is 0. The lowest BCUT2D eigenvalue weighted by Crippen LogP contribution is -2.47. The number of halogens is 2. The highest BCUT2D eigenvalue weighted by molar-refractivity contribution is 4.83. The lowest BCUT2D eigenvalue weighted by molar-refractivity contribution is -0.104. The number of piperidine rings is 1. The molecule has 1 aliphatic heterocycles. The molecule has 0 bridgehead atoms. The van der Waals surface area contributed by atoms with Crippen LogP contribution in [0.15, 0.2) is 0 Å². The quantitative estimate of drug-likeness (QED) is 0.663. The topological polar surface area (TPSA) is 3.24 Å². The molecule has 1 saturated heterocycles. The van der Waals surface area contributed by atoms with Crippen LogP contribution in [0, 0.1) is 5.92 Å². The standard InChI is InChI=1S/C10H19F2N/c1-3-4-6-13-7-5-9(2)10(11,12)8-13/h9H,3-8H2,1-2H3. The van der Waals surface area contributed by atoms with E-state index in [-0.39, 0.29) is 6.54 Å². The fraction of sp³-hybridized carbons (Fsp3) is 1.00. The van der Waals surface area contributed by atoms with Gasteiger partial charge in [-0.3, -0.25) is 4.90 Å². The van der Waals surface area contributed by atoms with Gasteiger partial charge in [0, 0.05) is 5.92 Å². The molecule has 1 atom stereocenters. The number of hydrogen-bond acceptors (Lipinski definition) is 1. The van der Waals surface area contributed by atoms with Crippen molar-refractivity contribution in [3.63, 3.8) is 0 Å². The number of likely N-dealkylation sites (tertiary alicyclic amines) is 1. The molecule has 0 aliphatic carbocycles. The van der Waals surface area contributed by atoms with Gasteiger partial charge in [-0.1, -0.05) is 20.3 Å². The molecular weight excluding hydrogens is 172 g/mol. The van der Waals surface area contributed by atoms with Crippen LogP contribution in [-0.2, 0) is 0 Å². The summed E-state index contributed by atoms with van der Waals surface area (Å²) >= 11 is 0. The van der Waals surface area contributed by atoms with Crippen molar-refractivity contribution < 1.29 is 8.78 Å². The second-order valence-corrected chi connectivity index (χ2v) is 4.08. The SMILES string of the molecule is CCCCN1CCC(C)C(F)(F)C1. The van der Waals surface area contributed by atoms with Crippen molar-refractivity contribution in [2.24, 2.45) is 5.92 Å². The predicted molar refractivity (Wildman–Crippen MR) is 50.1 cm³/mol. The molecule has 1 unspecified atom stereocenters. The van der Waals surface area contributed by atoms with Crippen molar-refractivity contribution in [1.82, 2.24) is 4.90 Å². The number of rotatable bonds is 3. The van der Waals surface area contributed by atoms with E-state index < -0.39 is 11.8 Å². The van der Waals surface area contributed by atoms with Gasteiger partial charge >= 0.3 is 0 Å². The monoisotopic (exact) mass is 191 g/mol. The number of unbranched alkanes of at least 4 members (excludes halogenated alkanes) is 1. The van der Waals surface area contributed by atoms with E-state index in [4.69, 9.17) is 0 Å². The van der Waals surface area contributed by atoms with E-state index in [0.29, 0.717) is 6.42 Å². The summed E-state index contributed by atoms with van der Waals surface area (Å²) in [5.41, 5.74) is 0. The highest BCUT2D eigenvalue weighted by Crippen LogP contribution is 2.32. The maximum Gasteiger partial charge on any atom is 0.263 e. The summed E-state index contributed by atoms with van der Waals surface area (Å²) in [5.74, 6) is -2.91. The molecule has 1 fully saturated rings. The Kier molecular flexibility index (Phi) is 3.65. The van der Waals surface area contributed by atoms with E-state index in [9.17, 15) is 8.78 Å². The molecule has 0 N–H and O–H groups in total. The Morgan fingerprint density at radius 3 is 2.69 bits per heavy atom. The van der Waals surface area contributed by atoms with Gasteiger partial charge in [-0.2, -0.15) is 0 Å². The second-order valence-electron chi connectivity index (χ2n) is 4.08. The Balaban J connectivity index is 2.37. The zero-order chi connectivity index (χ0) is 9.90. The molecular formula is C10H19F2N. The highest BCUT2D eigenvalue weighted by Gasteiger charge is 2.41. The fourth-order valence-corrected chi connectivity index (χ4v) is 1.69. The first-order chi connectivity index (χ1) is 6.06. The third-order valence-corrected chi connectivity index (χ3v) is 2.86. The maximum atomic E-state index is 13.2. The Bertz CT molecular complexity index is 157. The third-order valence-electron chi connectivity index (χ3n) is 2.86. The van der Waals surface area contributed by atoms with Crippen LogP contribution in [0.5, 0.6) is 0 Å². The van der Waals surface area contributed by atoms with Gasteiger partial charge < -0.3 is 0 Å². The summed E-state index contributed by atoms with van der Waals surface area (Å²) in [6.07, 6.45) is 2.75. The van der Waals surface area contributed by atoms with Crippen LogP contribution in [0.4, 0.5) is 8.78 Å². The van der Waals surface area contributed by atoms with Gasteiger partial charge in [-0.05, 0) is 25.9 Å². The van der Waals surface area contributed by atoms with E-state index in [1.807, 2.05) is 4.90 Å². The van der Waals surface area contributed by atoms with Gasteiger partial charge in [0.05, 0.1) is 6.54 Å². The minimum absolute atomic E-state index is 0.0336. The first-order valence-electron chi connectivity index (χ1n) is 5.16. The van der Waals surface area contributed by atoms with Gasteiger partial charge in [0.2, 0.25) is 0 Å². The number of alkyl halides is 2. The Hall–Kier alpha value is -0.180. The van der Waals surface area contributed by atoms with Crippen LogP contribution in [0.2, 0.25) is 0 Å². The lowest BCUT2D eigenvalue weighted by atomic mass is 9.95. The van der Waals surface area contributed by atoms with Crippen molar-refractivity contribution in [1.29, 1.82) is 0 Å². The first-order valence-corrected chi connectivity index (χ1v) is 5.16. The van der Waals surface area contributed by atoms with Crippen molar-refractivity contribution in [2.45, 2.75) is 39.0 Å². The molecule has 3 heteroatoms. The highest BCUT2D eigenvalue weighted by atomic mass is 19.3. The van der Waals surface area contributed by atoms with Gasteiger partial charge in [-0.15, -0.1) is 0 Å². The average Bonchev–Trinajstić information content (AvgIpc) is 2.07. The Labute approximate surface area is 79.1 Å². The van der Waals surface area contributed by atoms with E-state index in [1.165, 1.54) is 0 Å². The predicted octanol–water partition coefficient (Wildman–Crippen LogP) is 2.76. The molecule has 0 amide bonds. The zero-order valence-corrected chi connectivity index (χ0v) is 8.52. The number of nitrogens with zero attached hydrogens (tertiary/aromatic N) is 1. The molecule has 0 aromatic carbocycles. The number of hydrogen-bond donors (Lipinski definition) is 0. The maximum absolute atomic E-state index is 13.2. The van der Waals surface area contributed by atoms with Crippen LogP contribution in [0.1, 0.15) is 33.1 Å². The summed E-state index contributed by atoms with van der Waals surface area (Å²) < 4.78 is 26.5. The van der Waals surface area contributed by atoms with Crippen molar-refractivity contribution in [3.05, 3.63) is 0 Å². The van der Waals surface area contributed by atoms with Gasteiger partial charge in [0.15, 0.2) is 0 Å². The molecule has 0 radical (unpaired) electrons. The molecule has 1 rings (SSSR count). The van der Waals surface area contributed by atoms with Crippen LogP contribution < -0.4 is 0 Å². The van der Waals surface area contributed by atoms with Gasteiger partial charge in [0.1, 0.15) is 0 Å². The van der Waals surface area contributed by atoms with Crippen LogP contribution in [0.25, 0.3) is 0 Å². The van der Waals surface area contributed by atoms with Crippen LogP contribution >= 0.6 is 0 Å². The van der Waals surface area contributed by atoms with Gasteiger partial charge in [0.25, 0.3) is 5.92 Å². The first kappa shape index (κ1) is 10.9. The molecule has 1 nitrogen and oxygen atoms in total. The van der Waals surface area contributed by atoms with Crippen LogP contribution in [0.3, 0.4) is 0 Å². The second kappa shape index (κ2) is 4.36. The van der Waals surface area contributed by atoms with Crippen molar-refractivity contribution in [3.8, 4) is 0 Å². The zero-order valence-electron chi connectivity index (χ0n) is 8.52. The molecule has 0 aromatic rings. The minimum atomic E-state index is -2.47. The smallest absolute Gasteiger partial charge is 0.263 e.